The maximum absolute atomic E-state index is 13.0. The minimum Gasteiger partial charge on any atom is -0.388 e. The van der Waals surface area contributed by atoms with Gasteiger partial charge in [-0.2, -0.15) is 0 Å². The summed E-state index contributed by atoms with van der Waals surface area (Å²) in [7, 11) is -3.69. The van der Waals surface area contributed by atoms with Gasteiger partial charge in [0.2, 0.25) is 0 Å². The Morgan fingerprint density at radius 1 is 0.792 bits per heavy atom. The highest BCUT2D eigenvalue weighted by molar-refractivity contribution is 7.73. The number of hydrogen-bond acceptors (Lipinski definition) is 2. The fraction of sp³-hybridized carbons (Fsp3) is 0.100. The first-order valence-electron chi connectivity index (χ1n) is 7.79. The van der Waals surface area contributed by atoms with E-state index in [4.69, 9.17) is 0 Å². The fourth-order valence-corrected chi connectivity index (χ4v) is 4.45. The molecule has 3 rings (SSSR count). The summed E-state index contributed by atoms with van der Waals surface area (Å²) in [5.74, 6) is 0. The van der Waals surface area contributed by atoms with Crippen LogP contribution in [0.15, 0.2) is 84.9 Å². The minimum atomic E-state index is -3.69. The van der Waals surface area contributed by atoms with Gasteiger partial charge < -0.3 is 10.00 Å². The van der Waals surface area contributed by atoms with Crippen LogP contribution in [0.2, 0.25) is 0 Å². The first-order valence-corrected chi connectivity index (χ1v) is 9.45. The van der Waals surface area contributed by atoms with Gasteiger partial charge in [-0.15, -0.1) is 0 Å². The van der Waals surface area contributed by atoms with Crippen molar-refractivity contribution in [3.63, 3.8) is 0 Å². The normalized spacial score (nSPS) is 14.8. The van der Waals surface area contributed by atoms with Crippen LogP contribution in [-0.2, 0) is 11.0 Å². The molecule has 3 aromatic rings. The van der Waals surface area contributed by atoms with E-state index < -0.39 is 13.5 Å². The molecule has 0 aliphatic carbocycles. The molecule has 0 aliphatic heterocycles. The van der Waals surface area contributed by atoms with Crippen LogP contribution in [0.25, 0.3) is 0 Å². The van der Waals surface area contributed by atoms with Gasteiger partial charge in [-0.1, -0.05) is 66.7 Å². The molecule has 2 atom stereocenters. The van der Waals surface area contributed by atoms with Crippen molar-refractivity contribution in [2.45, 2.75) is 12.5 Å². The number of aliphatic hydroxyl groups excluding tert-OH is 1. The summed E-state index contributed by atoms with van der Waals surface area (Å²) in [6, 6.07) is 25.0. The summed E-state index contributed by atoms with van der Waals surface area (Å²) in [6.07, 6.45) is -0.430. The van der Waals surface area contributed by atoms with E-state index in [0.717, 1.165) is 5.56 Å². The summed E-state index contributed by atoms with van der Waals surface area (Å²) in [5.41, 5.74) is 1.48. The van der Waals surface area contributed by atoms with Crippen molar-refractivity contribution in [2.24, 2.45) is 0 Å². The van der Waals surface area contributed by atoms with Crippen LogP contribution in [0.4, 0.5) is 0 Å². The summed E-state index contributed by atoms with van der Waals surface area (Å²) in [6.45, 7) is 0. The van der Waals surface area contributed by atoms with Crippen LogP contribution < -0.4 is 10.6 Å². The van der Waals surface area contributed by atoms with Gasteiger partial charge in [0, 0.05) is 17.0 Å². The molecule has 0 fully saturated rings. The van der Waals surface area contributed by atoms with Crippen molar-refractivity contribution in [3.05, 3.63) is 96.1 Å². The van der Waals surface area contributed by atoms with Crippen LogP contribution in [0.1, 0.15) is 17.2 Å². The first kappa shape index (κ1) is 16.7. The molecule has 0 spiro atoms. The topological polar surface area (TPSA) is 57.5 Å². The Morgan fingerprint density at radius 2 is 1.33 bits per heavy atom. The average molecular weight is 338 g/mol. The van der Waals surface area contributed by atoms with Crippen LogP contribution in [0.3, 0.4) is 0 Å². The van der Waals surface area contributed by atoms with E-state index in [-0.39, 0.29) is 6.42 Å². The Hall–Kier alpha value is -2.19. The summed E-state index contributed by atoms with van der Waals surface area (Å²) in [4.78, 5) is 10.7. The second-order valence-electron chi connectivity index (χ2n) is 5.67. The van der Waals surface area contributed by atoms with Gasteiger partial charge in [0.05, 0.1) is 6.10 Å². The third-order valence-electron chi connectivity index (χ3n) is 4.02. The molecule has 0 amide bonds. The predicted octanol–water partition coefficient (Wildman–Crippen LogP) is 3.18. The summed E-state index contributed by atoms with van der Waals surface area (Å²) < 4.78 is 13.0. The van der Waals surface area contributed by atoms with E-state index in [1.165, 1.54) is 0 Å². The van der Waals surface area contributed by atoms with Gasteiger partial charge in [-0.3, -0.25) is 4.57 Å². The van der Waals surface area contributed by atoms with Gasteiger partial charge in [-0.25, -0.2) is 0 Å². The van der Waals surface area contributed by atoms with Gasteiger partial charge >= 0.3 is 0 Å². The zero-order valence-electron chi connectivity index (χ0n) is 13.1. The largest absolute Gasteiger partial charge is 0.388 e. The standard InChI is InChI=1S/C20H19O3P/c21-19(16-9-3-1-4-10-16)15-17-11-7-8-14-20(17)24(22,23)18-12-5-2-6-13-18/h1-14,19,21H,15H2,(H,22,23). The van der Waals surface area contributed by atoms with Gasteiger partial charge in [-0.05, 0) is 29.3 Å². The predicted molar refractivity (Wildman–Crippen MR) is 97.1 cm³/mol. The monoisotopic (exact) mass is 338 g/mol. The highest BCUT2D eigenvalue weighted by Gasteiger charge is 2.27. The van der Waals surface area contributed by atoms with Crippen molar-refractivity contribution >= 4 is 18.0 Å². The van der Waals surface area contributed by atoms with Crippen molar-refractivity contribution in [1.82, 2.24) is 0 Å². The molecular weight excluding hydrogens is 319 g/mol. The van der Waals surface area contributed by atoms with Gasteiger partial charge in [0.25, 0.3) is 7.37 Å². The Bertz CT molecular complexity index is 847. The molecular formula is C20H19O3P. The van der Waals surface area contributed by atoms with Gasteiger partial charge in [0.15, 0.2) is 0 Å². The van der Waals surface area contributed by atoms with E-state index in [1.54, 1.807) is 42.5 Å². The molecule has 0 heterocycles. The van der Waals surface area contributed by atoms with Crippen molar-refractivity contribution in [1.29, 1.82) is 0 Å². The molecule has 0 bridgehead atoms. The third kappa shape index (κ3) is 3.49. The number of aliphatic hydroxyl groups is 1. The molecule has 3 aromatic carbocycles. The van der Waals surface area contributed by atoms with E-state index in [9.17, 15) is 14.6 Å². The number of hydrogen-bond donors (Lipinski definition) is 2. The molecule has 24 heavy (non-hydrogen) atoms. The lowest BCUT2D eigenvalue weighted by molar-refractivity contribution is 0.178. The van der Waals surface area contributed by atoms with E-state index in [2.05, 4.69) is 0 Å². The maximum Gasteiger partial charge on any atom is 0.259 e. The highest BCUT2D eigenvalue weighted by atomic mass is 31.2. The van der Waals surface area contributed by atoms with E-state index >= 15 is 0 Å². The highest BCUT2D eigenvalue weighted by Crippen LogP contribution is 2.39. The Kier molecular flexibility index (Phi) is 4.96. The minimum absolute atomic E-state index is 0.289. The first-order chi connectivity index (χ1) is 11.6. The smallest absolute Gasteiger partial charge is 0.259 e. The lowest BCUT2D eigenvalue weighted by atomic mass is 10.0. The molecule has 122 valence electrons. The van der Waals surface area contributed by atoms with Crippen LogP contribution >= 0.6 is 7.37 Å². The average Bonchev–Trinajstić information content (AvgIpc) is 2.63. The molecule has 0 saturated carbocycles. The van der Waals surface area contributed by atoms with E-state index in [0.29, 0.717) is 16.2 Å². The quantitative estimate of drug-likeness (QED) is 0.703. The SMILES string of the molecule is O=P(O)(c1ccccc1)c1ccccc1CC(O)c1ccccc1. The maximum atomic E-state index is 13.0. The lowest BCUT2D eigenvalue weighted by Gasteiger charge is -2.18. The van der Waals surface area contributed by atoms with E-state index in [1.807, 2.05) is 42.5 Å². The number of rotatable bonds is 5. The van der Waals surface area contributed by atoms with Crippen molar-refractivity contribution in [3.8, 4) is 0 Å². The second-order valence-corrected chi connectivity index (χ2v) is 7.82. The lowest BCUT2D eigenvalue weighted by Crippen LogP contribution is -2.20. The zero-order valence-corrected chi connectivity index (χ0v) is 14.0. The van der Waals surface area contributed by atoms with Gasteiger partial charge in [0.1, 0.15) is 0 Å². The molecule has 4 heteroatoms. The molecule has 3 nitrogen and oxygen atoms in total. The Labute approximate surface area is 141 Å². The second kappa shape index (κ2) is 7.14. The third-order valence-corrected chi connectivity index (χ3v) is 6.11. The van der Waals surface area contributed by atoms with Crippen LogP contribution in [-0.4, -0.2) is 10.00 Å². The molecule has 0 aliphatic rings. The molecule has 0 aromatic heterocycles. The Morgan fingerprint density at radius 3 is 2.00 bits per heavy atom. The molecule has 0 radical (unpaired) electrons. The zero-order chi connectivity index (χ0) is 17.0. The van der Waals surface area contributed by atoms with Crippen molar-refractivity contribution in [2.75, 3.05) is 0 Å². The number of benzene rings is 3. The van der Waals surface area contributed by atoms with Crippen LogP contribution in [0, 0.1) is 0 Å². The van der Waals surface area contributed by atoms with Crippen LogP contribution in [0.5, 0.6) is 0 Å². The van der Waals surface area contributed by atoms with Crippen molar-refractivity contribution < 1.29 is 14.6 Å². The summed E-state index contributed by atoms with van der Waals surface area (Å²) in [5, 5.41) is 11.2. The molecule has 2 N–H and O–H groups in total. The molecule has 0 saturated heterocycles. The fourth-order valence-electron chi connectivity index (χ4n) is 2.75. The summed E-state index contributed by atoms with van der Waals surface area (Å²) >= 11 is 0. The Balaban J connectivity index is 1.95. The molecule has 2 unspecified atom stereocenters.